The summed E-state index contributed by atoms with van der Waals surface area (Å²) in [4.78, 5) is 0. The summed E-state index contributed by atoms with van der Waals surface area (Å²) in [6.45, 7) is 4.55. The molecule has 0 saturated carbocycles. The van der Waals surface area contributed by atoms with Crippen LogP contribution in [0.25, 0.3) is 0 Å². The number of rotatable bonds is 34. The molecule has 0 fully saturated rings. The average molecular weight is 799 g/mol. The van der Waals surface area contributed by atoms with Gasteiger partial charge in [-0.05, 0) is 121 Å². The topological polar surface area (TPSA) is 52.0 Å². The quantitative estimate of drug-likeness (QED) is 0.0365. The van der Waals surface area contributed by atoms with Crippen molar-refractivity contribution < 1.29 is 0 Å². The molecule has 0 aliphatic rings. The van der Waals surface area contributed by atoms with Gasteiger partial charge in [-0.1, -0.05) is 221 Å². The summed E-state index contributed by atoms with van der Waals surface area (Å²) in [5.74, 6) is 0. The van der Waals surface area contributed by atoms with E-state index in [2.05, 4.69) is 98.8 Å². The number of aryl methyl sites for hydroxylation is 4. The van der Waals surface area contributed by atoms with Crippen molar-refractivity contribution >= 4 is 11.4 Å². The van der Waals surface area contributed by atoms with E-state index in [4.69, 9.17) is 11.5 Å². The van der Waals surface area contributed by atoms with Crippen molar-refractivity contribution in [2.24, 2.45) is 0 Å². The lowest BCUT2D eigenvalue weighted by Crippen LogP contribution is -1.98. The maximum atomic E-state index is 6.31. The maximum Gasteiger partial charge on any atom is 0.0346 e. The Kier molecular flexibility index (Phi) is 24.9. The number of anilines is 2. The van der Waals surface area contributed by atoms with Crippen molar-refractivity contribution in [3.8, 4) is 0 Å². The van der Waals surface area contributed by atoms with Gasteiger partial charge in [0, 0.05) is 11.4 Å². The molecule has 0 aromatic heterocycles. The first-order valence-electron chi connectivity index (χ1n) is 24.9. The first kappa shape index (κ1) is 48.1. The number of hydrogen-bond acceptors (Lipinski definition) is 2. The van der Waals surface area contributed by atoms with Crippen molar-refractivity contribution in [3.63, 3.8) is 0 Å². The molecule has 0 spiro atoms. The van der Waals surface area contributed by atoms with Crippen LogP contribution in [0.15, 0.2) is 84.9 Å². The second kappa shape index (κ2) is 30.5. The Morgan fingerprint density at radius 1 is 0.271 bits per heavy atom. The molecule has 4 rings (SSSR count). The number of nitrogen functional groups attached to an aromatic ring is 2. The highest BCUT2D eigenvalue weighted by atomic mass is 14.6. The zero-order valence-electron chi connectivity index (χ0n) is 38.2. The summed E-state index contributed by atoms with van der Waals surface area (Å²) in [6.07, 6.45) is 40.7. The second-order valence-electron chi connectivity index (χ2n) is 18.2. The summed E-state index contributed by atoms with van der Waals surface area (Å²) >= 11 is 0. The van der Waals surface area contributed by atoms with E-state index >= 15 is 0 Å². The molecule has 0 aliphatic carbocycles. The monoisotopic (exact) mass is 799 g/mol. The maximum absolute atomic E-state index is 6.31. The van der Waals surface area contributed by atoms with Crippen LogP contribution < -0.4 is 11.5 Å². The van der Waals surface area contributed by atoms with Gasteiger partial charge in [0.2, 0.25) is 0 Å². The molecule has 4 aromatic carbocycles. The predicted octanol–water partition coefficient (Wildman–Crippen LogP) is 16.7. The Morgan fingerprint density at radius 3 is 0.847 bits per heavy atom. The van der Waals surface area contributed by atoms with Crippen LogP contribution in [0, 0.1) is 0 Å². The fourth-order valence-corrected chi connectivity index (χ4v) is 8.88. The molecule has 324 valence electrons. The fraction of sp³-hybridized carbons (Fsp3) is 0.579. The summed E-state index contributed by atoms with van der Waals surface area (Å²) in [7, 11) is 0. The molecular weight excluding hydrogens is 713 g/mol. The standard InChI is InChI=1S/C57H86N2/c1-3-5-7-20-26-30-54-46-52(40-42-56(54)58)44-50-36-32-48(33-37-50)28-24-22-18-16-14-12-10-9-11-13-15-17-19-23-25-29-49-34-38-51(39-35-49)45-53-41-43-57(59)55(47-53)31-27-21-8-6-4-2/h32-43,46-47H,3-31,44-45,58-59H2,1-2H3. The van der Waals surface area contributed by atoms with Crippen molar-refractivity contribution in [2.75, 3.05) is 11.5 Å². The molecular formula is C57H86N2. The van der Waals surface area contributed by atoms with Crippen LogP contribution in [0.5, 0.6) is 0 Å². The highest BCUT2D eigenvalue weighted by Gasteiger charge is 2.06. The lowest BCUT2D eigenvalue weighted by atomic mass is 9.97. The Labute approximate surface area is 363 Å². The van der Waals surface area contributed by atoms with Crippen LogP contribution in [-0.4, -0.2) is 0 Å². The van der Waals surface area contributed by atoms with Crippen LogP contribution in [0.3, 0.4) is 0 Å². The molecule has 4 aromatic rings. The number of hydrogen-bond donors (Lipinski definition) is 2. The minimum absolute atomic E-state index is 0.958. The first-order valence-corrected chi connectivity index (χ1v) is 24.9. The van der Waals surface area contributed by atoms with Crippen LogP contribution >= 0.6 is 0 Å². The normalized spacial score (nSPS) is 11.4. The molecule has 0 heterocycles. The van der Waals surface area contributed by atoms with E-state index in [1.807, 2.05) is 0 Å². The van der Waals surface area contributed by atoms with Crippen molar-refractivity contribution in [2.45, 2.75) is 213 Å². The van der Waals surface area contributed by atoms with Gasteiger partial charge >= 0.3 is 0 Å². The zero-order valence-corrected chi connectivity index (χ0v) is 38.2. The van der Waals surface area contributed by atoms with Gasteiger partial charge in [0.25, 0.3) is 0 Å². The SMILES string of the molecule is CCCCCCCc1cc(Cc2ccc(CCCCCCCCCCCCCCCCCc3ccc(Cc4ccc(N)c(CCCCCCC)c4)cc3)cc2)ccc1N. The second-order valence-corrected chi connectivity index (χ2v) is 18.2. The Hall–Kier alpha value is -3.52. The molecule has 2 nitrogen and oxygen atoms in total. The molecule has 2 heteroatoms. The van der Waals surface area contributed by atoms with E-state index < -0.39 is 0 Å². The number of benzene rings is 4. The Balaban J connectivity index is 0.924. The van der Waals surface area contributed by atoms with E-state index in [9.17, 15) is 0 Å². The van der Waals surface area contributed by atoms with E-state index in [1.165, 1.54) is 218 Å². The molecule has 0 radical (unpaired) electrons. The minimum atomic E-state index is 0.958. The third-order valence-electron chi connectivity index (χ3n) is 12.8. The van der Waals surface area contributed by atoms with E-state index in [1.54, 1.807) is 0 Å². The summed E-state index contributed by atoms with van der Waals surface area (Å²) < 4.78 is 0. The largest absolute Gasteiger partial charge is 0.399 e. The van der Waals surface area contributed by atoms with E-state index in [0.717, 1.165) is 37.1 Å². The van der Waals surface area contributed by atoms with Gasteiger partial charge < -0.3 is 11.5 Å². The minimum Gasteiger partial charge on any atom is -0.399 e. The van der Waals surface area contributed by atoms with Crippen molar-refractivity contribution in [3.05, 3.63) is 129 Å². The van der Waals surface area contributed by atoms with Gasteiger partial charge in [-0.15, -0.1) is 0 Å². The van der Waals surface area contributed by atoms with Crippen LogP contribution in [0.4, 0.5) is 11.4 Å². The summed E-state index contributed by atoms with van der Waals surface area (Å²) in [5, 5.41) is 0. The van der Waals surface area contributed by atoms with Gasteiger partial charge in [0.1, 0.15) is 0 Å². The first-order chi connectivity index (χ1) is 29.0. The van der Waals surface area contributed by atoms with Crippen LogP contribution in [0.1, 0.15) is 219 Å². The third kappa shape index (κ3) is 21.0. The van der Waals surface area contributed by atoms with Crippen molar-refractivity contribution in [1.82, 2.24) is 0 Å². The zero-order chi connectivity index (χ0) is 41.6. The predicted molar refractivity (Wildman–Crippen MR) is 262 cm³/mol. The molecule has 0 saturated heterocycles. The van der Waals surface area contributed by atoms with Gasteiger partial charge in [-0.3, -0.25) is 0 Å². The van der Waals surface area contributed by atoms with Gasteiger partial charge in [-0.25, -0.2) is 0 Å². The fourth-order valence-electron chi connectivity index (χ4n) is 8.88. The molecule has 0 atom stereocenters. The molecule has 0 bridgehead atoms. The van der Waals surface area contributed by atoms with E-state index in [-0.39, 0.29) is 0 Å². The lowest BCUT2D eigenvalue weighted by Gasteiger charge is -2.10. The third-order valence-corrected chi connectivity index (χ3v) is 12.8. The number of unbranched alkanes of at least 4 members (excludes halogenated alkanes) is 22. The van der Waals surface area contributed by atoms with Gasteiger partial charge in [-0.2, -0.15) is 0 Å². The molecule has 0 aliphatic heterocycles. The number of nitrogens with two attached hydrogens (primary N) is 2. The molecule has 59 heavy (non-hydrogen) atoms. The van der Waals surface area contributed by atoms with Crippen LogP contribution in [-0.2, 0) is 38.5 Å². The Morgan fingerprint density at radius 2 is 0.525 bits per heavy atom. The van der Waals surface area contributed by atoms with E-state index in [0.29, 0.717) is 0 Å². The van der Waals surface area contributed by atoms with Crippen molar-refractivity contribution in [1.29, 1.82) is 0 Å². The molecule has 0 unspecified atom stereocenters. The van der Waals surface area contributed by atoms with Gasteiger partial charge in [0.15, 0.2) is 0 Å². The summed E-state index contributed by atoms with van der Waals surface area (Å²) in [5.41, 5.74) is 25.8. The highest BCUT2D eigenvalue weighted by molar-refractivity contribution is 5.50. The Bertz CT molecular complexity index is 1510. The highest BCUT2D eigenvalue weighted by Crippen LogP contribution is 2.23. The summed E-state index contributed by atoms with van der Waals surface area (Å²) in [6, 6.07) is 32.2. The molecule has 0 amide bonds. The van der Waals surface area contributed by atoms with Gasteiger partial charge in [0.05, 0.1) is 0 Å². The smallest absolute Gasteiger partial charge is 0.0346 e. The van der Waals surface area contributed by atoms with Crippen LogP contribution in [0.2, 0.25) is 0 Å². The molecule has 4 N–H and O–H groups in total. The average Bonchev–Trinajstić information content (AvgIpc) is 3.25. The lowest BCUT2D eigenvalue weighted by molar-refractivity contribution is 0.530.